The third-order valence-corrected chi connectivity index (χ3v) is 2.22. The summed E-state index contributed by atoms with van der Waals surface area (Å²) in [6.45, 7) is 1.39. The smallest absolute Gasteiger partial charge is 0.407 e. The first kappa shape index (κ1) is 9.91. The first-order chi connectivity index (χ1) is 4.30. The Hall–Kier alpha value is -0.0900. The minimum Gasteiger partial charge on any atom is -0.465 e. The van der Waals surface area contributed by atoms with Gasteiger partial charge in [-0.3, -0.25) is 0 Å². The van der Waals surface area contributed by atoms with E-state index in [1.165, 1.54) is 4.90 Å². The van der Waals surface area contributed by atoms with Crippen LogP contribution >= 0.6 is 24.2 Å². The molecule has 0 bridgehead atoms. The molecular formula is C5H10ClNO2S. The highest BCUT2D eigenvalue weighted by molar-refractivity contribution is 7.99. The van der Waals surface area contributed by atoms with Gasteiger partial charge in [0.05, 0.1) is 0 Å². The first-order valence-electron chi connectivity index (χ1n) is 2.86. The number of halogens is 1. The summed E-state index contributed by atoms with van der Waals surface area (Å²) in [6, 6.07) is 0. The zero-order chi connectivity index (χ0) is 6.69. The average molecular weight is 184 g/mol. The van der Waals surface area contributed by atoms with Crippen LogP contribution in [0.2, 0.25) is 0 Å². The minimum absolute atomic E-state index is 0. The van der Waals surface area contributed by atoms with Gasteiger partial charge < -0.3 is 10.0 Å². The van der Waals surface area contributed by atoms with Crippen molar-refractivity contribution in [2.75, 3.05) is 24.6 Å². The Morgan fingerprint density at radius 2 is 1.90 bits per heavy atom. The molecular weight excluding hydrogens is 174 g/mol. The van der Waals surface area contributed by atoms with Crippen molar-refractivity contribution in [3.63, 3.8) is 0 Å². The van der Waals surface area contributed by atoms with Gasteiger partial charge in [-0.2, -0.15) is 11.8 Å². The molecule has 0 aromatic heterocycles. The summed E-state index contributed by atoms with van der Waals surface area (Å²) in [5.74, 6) is 1.90. The highest BCUT2D eigenvalue weighted by Gasteiger charge is 2.13. The molecule has 0 atom stereocenters. The molecule has 0 saturated carbocycles. The number of amides is 1. The van der Waals surface area contributed by atoms with E-state index in [0.717, 1.165) is 11.5 Å². The number of carbonyl (C=O) groups is 1. The number of nitrogens with zero attached hydrogens (tertiary/aromatic N) is 1. The van der Waals surface area contributed by atoms with E-state index < -0.39 is 6.09 Å². The van der Waals surface area contributed by atoms with Gasteiger partial charge in [-0.05, 0) is 0 Å². The van der Waals surface area contributed by atoms with E-state index in [9.17, 15) is 4.79 Å². The number of carboxylic acid groups (broad SMARTS) is 1. The maximum atomic E-state index is 10.3. The van der Waals surface area contributed by atoms with Crippen LogP contribution in [0.4, 0.5) is 4.79 Å². The van der Waals surface area contributed by atoms with Crippen LogP contribution in [0.25, 0.3) is 0 Å². The van der Waals surface area contributed by atoms with Crippen molar-refractivity contribution >= 4 is 30.3 Å². The lowest BCUT2D eigenvalue weighted by Gasteiger charge is -2.22. The second-order valence-corrected chi connectivity index (χ2v) is 3.11. The van der Waals surface area contributed by atoms with Gasteiger partial charge >= 0.3 is 6.09 Å². The summed E-state index contributed by atoms with van der Waals surface area (Å²) in [5.41, 5.74) is 0. The lowest BCUT2D eigenvalue weighted by Crippen LogP contribution is -2.36. The molecule has 1 heterocycles. The molecule has 0 aromatic rings. The summed E-state index contributed by atoms with van der Waals surface area (Å²) < 4.78 is 0. The summed E-state index contributed by atoms with van der Waals surface area (Å²) in [7, 11) is 0. The molecule has 1 aliphatic rings. The van der Waals surface area contributed by atoms with E-state index in [0.29, 0.717) is 13.1 Å². The third kappa shape index (κ3) is 2.66. The molecule has 10 heavy (non-hydrogen) atoms. The third-order valence-electron chi connectivity index (χ3n) is 1.28. The molecule has 1 saturated heterocycles. The van der Waals surface area contributed by atoms with E-state index in [1.807, 2.05) is 11.8 Å². The SMILES string of the molecule is Cl.O=C(O)N1CCSCC1. The Balaban J connectivity index is 0.000000810. The molecule has 1 N–H and O–H groups in total. The highest BCUT2D eigenvalue weighted by atomic mass is 35.5. The molecule has 0 unspecified atom stereocenters. The minimum atomic E-state index is -0.782. The van der Waals surface area contributed by atoms with Gasteiger partial charge in [0, 0.05) is 24.6 Å². The van der Waals surface area contributed by atoms with Gasteiger partial charge in [0.25, 0.3) is 0 Å². The second kappa shape index (κ2) is 4.68. The lowest BCUT2D eigenvalue weighted by atomic mass is 10.5. The molecule has 0 spiro atoms. The van der Waals surface area contributed by atoms with Crippen LogP contribution in [0.15, 0.2) is 0 Å². The van der Waals surface area contributed by atoms with Gasteiger partial charge in [-0.1, -0.05) is 0 Å². The molecule has 1 rings (SSSR count). The number of rotatable bonds is 0. The van der Waals surface area contributed by atoms with Gasteiger partial charge in [0.2, 0.25) is 0 Å². The van der Waals surface area contributed by atoms with Crippen LogP contribution in [0.3, 0.4) is 0 Å². The summed E-state index contributed by atoms with van der Waals surface area (Å²) in [5, 5.41) is 8.45. The molecule has 1 aliphatic heterocycles. The molecule has 0 aliphatic carbocycles. The van der Waals surface area contributed by atoms with Crippen LogP contribution < -0.4 is 0 Å². The monoisotopic (exact) mass is 183 g/mol. The van der Waals surface area contributed by atoms with Crippen molar-refractivity contribution in [1.29, 1.82) is 0 Å². The van der Waals surface area contributed by atoms with Crippen LogP contribution in [-0.2, 0) is 0 Å². The second-order valence-electron chi connectivity index (χ2n) is 1.88. The standard InChI is InChI=1S/C5H9NO2S.ClH/c7-5(8)6-1-3-9-4-2-6;/h1-4H2,(H,7,8);1H. The van der Waals surface area contributed by atoms with Crippen molar-refractivity contribution in [3.8, 4) is 0 Å². The zero-order valence-corrected chi connectivity index (χ0v) is 7.08. The fraction of sp³-hybridized carbons (Fsp3) is 0.800. The topological polar surface area (TPSA) is 40.5 Å². The highest BCUT2D eigenvalue weighted by Crippen LogP contribution is 2.08. The van der Waals surface area contributed by atoms with E-state index >= 15 is 0 Å². The van der Waals surface area contributed by atoms with Crippen LogP contribution in [0.5, 0.6) is 0 Å². The Labute approximate surface area is 70.2 Å². The molecule has 60 valence electrons. The van der Waals surface area contributed by atoms with Crippen molar-refractivity contribution in [3.05, 3.63) is 0 Å². The summed E-state index contributed by atoms with van der Waals surface area (Å²) >= 11 is 1.81. The molecule has 5 heteroatoms. The van der Waals surface area contributed by atoms with Crippen LogP contribution in [0, 0.1) is 0 Å². The normalized spacial score (nSPS) is 17.8. The molecule has 0 aromatic carbocycles. The first-order valence-corrected chi connectivity index (χ1v) is 4.02. The average Bonchev–Trinajstić information content (AvgIpc) is 1.90. The van der Waals surface area contributed by atoms with Crippen molar-refractivity contribution in [1.82, 2.24) is 4.90 Å². The Morgan fingerprint density at radius 3 is 2.20 bits per heavy atom. The summed E-state index contributed by atoms with van der Waals surface area (Å²) in [4.78, 5) is 11.7. The quantitative estimate of drug-likeness (QED) is 0.612. The fourth-order valence-corrected chi connectivity index (χ4v) is 1.66. The number of hydrogen-bond acceptors (Lipinski definition) is 2. The predicted molar refractivity (Wildman–Crippen MR) is 44.2 cm³/mol. The fourth-order valence-electron chi connectivity index (χ4n) is 0.755. The molecule has 0 radical (unpaired) electrons. The van der Waals surface area contributed by atoms with Crippen molar-refractivity contribution in [2.45, 2.75) is 0 Å². The van der Waals surface area contributed by atoms with E-state index in [1.54, 1.807) is 0 Å². The van der Waals surface area contributed by atoms with Crippen molar-refractivity contribution < 1.29 is 9.90 Å². The van der Waals surface area contributed by atoms with Gasteiger partial charge in [0.1, 0.15) is 0 Å². The van der Waals surface area contributed by atoms with Crippen LogP contribution in [0.1, 0.15) is 0 Å². The lowest BCUT2D eigenvalue weighted by molar-refractivity contribution is 0.150. The van der Waals surface area contributed by atoms with E-state index in [2.05, 4.69) is 0 Å². The summed E-state index contributed by atoms with van der Waals surface area (Å²) in [6.07, 6.45) is -0.782. The number of thioether (sulfide) groups is 1. The Kier molecular flexibility index (Phi) is 4.64. The largest absolute Gasteiger partial charge is 0.465 e. The number of hydrogen-bond donors (Lipinski definition) is 1. The van der Waals surface area contributed by atoms with E-state index in [4.69, 9.17) is 5.11 Å². The van der Waals surface area contributed by atoms with Gasteiger partial charge in [-0.15, -0.1) is 12.4 Å². The predicted octanol–water partition coefficient (Wildman–Crippen LogP) is 1.14. The van der Waals surface area contributed by atoms with Crippen LogP contribution in [-0.4, -0.2) is 40.7 Å². The molecule has 3 nitrogen and oxygen atoms in total. The van der Waals surface area contributed by atoms with Gasteiger partial charge in [-0.25, -0.2) is 4.79 Å². The maximum Gasteiger partial charge on any atom is 0.407 e. The Bertz CT molecular complexity index is 116. The van der Waals surface area contributed by atoms with E-state index in [-0.39, 0.29) is 12.4 Å². The Morgan fingerprint density at radius 1 is 1.40 bits per heavy atom. The molecule has 1 amide bonds. The molecule has 1 fully saturated rings. The van der Waals surface area contributed by atoms with Gasteiger partial charge in [0.15, 0.2) is 0 Å². The maximum absolute atomic E-state index is 10.3. The zero-order valence-electron chi connectivity index (χ0n) is 5.45. The van der Waals surface area contributed by atoms with Crippen molar-refractivity contribution in [2.24, 2.45) is 0 Å².